The standard InChI is InChI=1S/C14H16N2O/c1-2-3-10-16-11-9-15-13(14(16)17)12-7-5-4-6-8-12/h4-9,11H,2-3,10H2,1H3. The SMILES string of the molecule is CCCCn1ccnc(-c2ccccc2)c1=O. The van der Waals surface area contributed by atoms with E-state index in [0.717, 1.165) is 24.9 Å². The Kier molecular flexibility index (Phi) is 3.70. The molecule has 1 heterocycles. The van der Waals surface area contributed by atoms with Gasteiger partial charge >= 0.3 is 0 Å². The third kappa shape index (κ3) is 2.61. The summed E-state index contributed by atoms with van der Waals surface area (Å²) in [5, 5.41) is 0. The van der Waals surface area contributed by atoms with Crippen LogP contribution in [0.2, 0.25) is 0 Å². The molecule has 0 atom stereocenters. The number of benzene rings is 1. The number of aromatic nitrogens is 2. The smallest absolute Gasteiger partial charge is 0.277 e. The topological polar surface area (TPSA) is 34.9 Å². The van der Waals surface area contributed by atoms with Crippen LogP contribution in [0.5, 0.6) is 0 Å². The molecule has 0 spiro atoms. The molecule has 0 bridgehead atoms. The Morgan fingerprint density at radius 2 is 2.00 bits per heavy atom. The molecule has 88 valence electrons. The van der Waals surface area contributed by atoms with Crippen LogP contribution in [0, 0.1) is 0 Å². The fourth-order valence-corrected chi connectivity index (χ4v) is 1.75. The second kappa shape index (κ2) is 5.43. The normalized spacial score (nSPS) is 10.4. The molecule has 0 aliphatic heterocycles. The zero-order chi connectivity index (χ0) is 12.1. The Bertz CT molecular complexity index is 531. The van der Waals surface area contributed by atoms with E-state index in [1.807, 2.05) is 30.3 Å². The summed E-state index contributed by atoms with van der Waals surface area (Å²) in [7, 11) is 0. The first-order valence-electron chi connectivity index (χ1n) is 5.94. The van der Waals surface area contributed by atoms with Gasteiger partial charge in [-0.05, 0) is 6.42 Å². The maximum absolute atomic E-state index is 12.2. The summed E-state index contributed by atoms with van der Waals surface area (Å²) in [6.45, 7) is 2.88. The molecule has 0 N–H and O–H groups in total. The fourth-order valence-electron chi connectivity index (χ4n) is 1.75. The lowest BCUT2D eigenvalue weighted by molar-refractivity contribution is 0.610. The summed E-state index contributed by atoms with van der Waals surface area (Å²) in [5.74, 6) is 0. The lowest BCUT2D eigenvalue weighted by Gasteiger charge is -2.06. The first kappa shape index (κ1) is 11.6. The van der Waals surface area contributed by atoms with Crippen LogP contribution in [0.15, 0.2) is 47.5 Å². The van der Waals surface area contributed by atoms with Crippen LogP contribution in [0.3, 0.4) is 0 Å². The highest BCUT2D eigenvalue weighted by Crippen LogP contribution is 2.11. The van der Waals surface area contributed by atoms with Crippen molar-refractivity contribution in [3.8, 4) is 11.3 Å². The van der Waals surface area contributed by atoms with Crippen molar-refractivity contribution in [3.63, 3.8) is 0 Å². The van der Waals surface area contributed by atoms with Crippen LogP contribution >= 0.6 is 0 Å². The van der Waals surface area contributed by atoms with Gasteiger partial charge in [0.05, 0.1) is 0 Å². The van der Waals surface area contributed by atoms with Gasteiger partial charge in [0.15, 0.2) is 0 Å². The van der Waals surface area contributed by atoms with E-state index in [1.54, 1.807) is 17.0 Å². The average Bonchev–Trinajstić information content (AvgIpc) is 2.39. The van der Waals surface area contributed by atoms with Gasteiger partial charge in [-0.1, -0.05) is 43.7 Å². The van der Waals surface area contributed by atoms with E-state index in [2.05, 4.69) is 11.9 Å². The number of hydrogen-bond donors (Lipinski definition) is 0. The van der Waals surface area contributed by atoms with Crippen LogP contribution in [0.4, 0.5) is 0 Å². The largest absolute Gasteiger partial charge is 0.312 e. The van der Waals surface area contributed by atoms with Gasteiger partial charge in [-0.2, -0.15) is 0 Å². The Morgan fingerprint density at radius 1 is 1.24 bits per heavy atom. The molecule has 1 aromatic heterocycles. The molecular formula is C14H16N2O. The molecule has 0 saturated carbocycles. The van der Waals surface area contributed by atoms with Gasteiger partial charge in [-0.15, -0.1) is 0 Å². The van der Waals surface area contributed by atoms with E-state index >= 15 is 0 Å². The summed E-state index contributed by atoms with van der Waals surface area (Å²) in [6, 6.07) is 9.59. The zero-order valence-electron chi connectivity index (χ0n) is 9.97. The Labute approximate surface area is 101 Å². The Hall–Kier alpha value is -1.90. The molecule has 3 heteroatoms. The summed E-state index contributed by atoms with van der Waals surface area (Å²) >= 11 is 0. The van der Waals surface area contributed by atoms with Crippen LogP contribution < -0.4 is 5.56 Å². The van der Waals surface area contributed by atoms with Crippen LogP contribution in [-0.4, -0.2) is 9.55 Å². The third-order valence-electron chi connectivity index (χ3n) is 2.71. The van der Waals surface area contributed by atoms with E-state index in [-0.39, 0.29) is 5.56 Å². The highest BCUT2D eigenvalue weighted by atomic mass is 16.1. The van der Waals surface area contributed by atoms with Gasteiger partial charge in [0.1, 0.15) is 5.69 Å². The Balaban J connectivity index is 2.40. The molecule has 2 rings (SSSR count). The third-order valence-corrected chi connectivity index (χ3v) is 2.71. The van der Waals surface area contributed by atoms with Crippen LogP contribution in [-0.2, 0) is 6.54 Å². The number of rotatable bonds is 4. The highest BCUT2D eigenvalue weighted by molar-refractivity contribution is 5.57. The number of hydrogen-bond acceptors (Lipinski definition) is 2. The van der Waals surface area contributed by atoms with E-state index in [1.165, 1.54) is 0 Å². The summed E-state index contributed by atoms with van der Waals surface area (Å²) in [4.78, 5) is 16.4. The lowest BCUT2D eigenvalue weighted by atomic mass is 10.1. The molecular weight excluding hydrogens is 212 g/mol. The van der Waals surface area contributed by atoms with Gasteiger partial charge in [-0.25, -0.2) is 4.98 Å². The molecule has 3 nitrogen and oxygen atoms in total. The number of aryl methyl sites for hydroxylation is 1. The van der Waals surface area contributed by atoms with Crippen molar-refractivity contribution in [2.45, 2.75) is 26.3 Å². The summed E-state index contributed by atoms with van der Waals surface area (Å²) < 4.78 is 1.73. The van der Waals surface area contributed by atoms with Gasteiger partial charge in [0, 0.05) is 24.5 Å². The molecule has 0 radical (unpaired) electrons. The monoisotopic (exact) mass is 228 g/mol. The lowest BCUT2D eigenvalue weighted by Crippen LogP contribution is -2.22. The second-order valence-corrected chi connectivity index (χ2v) is 3.99. The second-order valence-electron chi connectivity index (χ2n) is 3.99. The number of unbranched alkanes of at least 4 members (excludes halogenated alkanes) is 1. The van der Waals surface area contributed by atoms with Crippen LogP contribution in [0.25, 0.3) is 11.3 Å². The molecule has 1 aromatic carbocycles. The molecule has 0 amide bonds. The summed E-state index contributed by atoms with van der Waals surface area (Å²) in [6.07, 6.45) is 5.54. The molecule has 2 aromatic rings. The fraction of sp³-hybridized carbons (Fsp3) is 0.286. The maximum atomic E-state index is 12.2. The van der Waals surface area contributed by atoms with Crippen molar-refractivity contribution in [3.05, 3.63) is 53.1 Å². The van der Waals surface area contributed by atoms with E-state index in [0.29, 0.717) is 5.69 Å². The van der Waals surface area contributed by atoms with Crippen molar-refractivity contribution >= 4 is 0 Å². The first-order valence-corrected chi connectivity index (χ1v) is 5.94. The predicted octanol–water partition coefficient (Wildman–Crippen LogP) is 2.71. The van der Waals surface area contributed by atoms with Crippen molar-refractivity contribution in [2.75, 3.05) is 0 Å². The minimum absolute atomic E-state index is 0.00727. The van der Waals surface area contributed by atoms with Crippen molar-refractivity contribution < 1.29 is 0 Å². The van der Waals surface area contributed by atoms with Gasteiger partial charge in [0.2, 0.25) is 0 Å². The first-order chi connectivity index (χ1) is 8.33. The molecule has 0 aliphatic rings. The van der Waals surface area contributed by atoms with Crippen molar-refractivity contribution in [2.24, 2.45) is 0 Å². The molecule has 0 fully saturated rings. The van der Waals surface area contributed by atoms with Crippen molar-refractivity contribution in [1.29, 1.82) is 0 Å². The molecule has 0 saturated heterocycles. The zero-order valence-corrected chi connectivity index (χ0v) is 9.97. The molecule has 0 aliphatic carbocycles. The van der Waals surface area contributed by atoms with E-state index < -0.39 is 0 Å². The molecule has 0 unspecified atom stereocenters. The highest BCUT2D eigenvalue weighted by Gasteiger charge is 2.06. The minimum Gasteiger partial charge on any atom is -0.312 e. The van der Waals surface area contributed by atoms with Crippen LogP contribution in [0.1, 0.15) is 19.8 Å². The van der Waals surface area contributed by atoms with Gasteiger partial charge in [0.25, 0.3) is 5.56 Å². The predicted molar refractivity (Wildman–Crippen MR) is 68.8 cm³/mol. The molecule has 17 heavy (non-hydrogen) atoms. The van der Waals surface area contributed by atoms with E-state index in [9.17, 15) is 4.79 Å². The van der Waals surface area contributed by atoms with E-state index in [4.69, 9.17) is 0 Å². The average molecular weight is 228 g/mol. The van der Waals surface area contributed by atoms with Crippen molar-refractivity contribution in [1.82, 2.24) is 9.55 Å². The minimum atomic E-state index is -0.00727. The maximum Gasteiger partial charge on any atom is 0.277 e. The van der Waals surface area contributed by atoms with Gasteiger partial charge < -0.3 is 4.57 Å². The number of nitrogens with zero attached hydrogens (tertiary/aromatic N) is 2. The Morgan fingerprint density at radius 3 is 2.71 bits per heavy atom. The van der Waals surface area contributed by atoms with Gasteiger partial charge in [-0.3, -0.25) is 4.79 Å². The summed E-state index contributed by atoms with van der Waals surface area (Å²) in [5.41, 5.74) is 1.40. The quantitative estimate of drug-likeness (QED) is 0.806.